The number of nitrogens with one attached hydrogen (secondary N) is 5. The quantitative estimate of drug-likeness (QED) is 0.0680. The lowest BCUT2D eigenvalue weighted by atomic mass is 9.81. The first-order valence-corrected chi connectivity index (χ1v) is 19.7. The van der Waals surface area contributed by atoms with Gasteiger partial charge in [-0.1, -0.05) is 6.07 Å². The van der Waals surface area contributed by atoms with Crippen molar-refractivity contribution in [1.82, 2.24) is 30.5 Å². The Bertz CT molecular complexity index is 2210. The number of carbonyl (C=O) groups is 5. The van der Waals surface area contributed by atoms with Crippen LogP contribution in [0.2, 0.25) is 0 Å². The van der Waals surface area contributed by atoms with Crippen LogP contribution in [0, 0.1) is 5.92 Å². The van der Waals surface area contributed by atoms with Gasteiger partial charge in [-0.05, 0) is 68.4 Å². The summed E-state index contributed by atoms with van der Waals surface area (Å²) in [7, 11) is 0. The van der Waals surface area contributed by atoms with Crippen molar-refractivity contribution in [2.24, 2.45) is 5.92 Å². The molecule has 8 rings (SSSR count). The van der Waals surface area contributed by atoms with E-state index in [0.717, 1.165) is 47.2 Å². The fraction of sp³-hybridized carbons (Fsp3) is 0.415. The highest BCUT2D eigenvalue weighted by atomic mass is 16.5. The molecular weight excluding hydrogens is 747 g/mol. The van der Waals surface area contributed by atoms with Gasteiger partial charge < -0.3 is 35.5 Å². The van der Waals surface area contributed by atoms with E-state index in [0.29, 0.717) is 81.0 Å². The Kier molecular flexibility index (Phi) is 11.8. The molecular formula is C41H45N9O8. The lowest BCUT2D eigenvalue weighted by Crippen LogP contribution is -2.54. The first-order chi connectivity index (χ1) is 28.3. The third-order valence-electron chi connectivity index (χ3n) is 10.5. The first kappa shape index (κ1) is 38.8. The van der Waals surface area contributed by atoms with Gasteiger partial charge in [0.25, 0.3) is 17.7 Å². The van der Waals surface area contributed by atoms with Crippen molar-refractivity contribution in [3.8, 4) is 0 Å². The molecule has 1 saturated heterocycles. The first-order valence-electron chi connectivity index (χ1n) is 19.7. The van der Waals surface area contributed by atoms with E-state index < -0.39 is 29.7 Å². The van der Waals surface area contributed by atoms with Crippen LogP contribution in [0.3, 0.4) is 0 Å². The summed E-state index contributed by atoms with van der Waals surface area (Å²) in [5.41, 5.74) is 2.99. The summed E-state index contributed by atoms with van der Waals surface area (Å²) in [4.78, 5) is 77.7. The van der Waals surface area contributed by atoms with Crippen molar-refractivity contribution in [3.63, 3.8) is 0 Å². The Morgan fingerprint density at radius 1 is 0.845 bits per heavy atom. The van der Waals surface area contributed by atoms with Crippen LogP contribution in [0.1, 0.15) is 69.6 Å². The molecule has 4 aromatic rings. The van der Waals surface area contributed by atoms with Gasteiger partial charge in [0, 0.05) is 67.4 Å². The molecule has 4 aliphatic rings. The Morgan fingerprint density at radius 2 is 1.66 bits per heavy atom. The van der Waals surface area contributed by atoms with Crippen LogP contribution < -0.4 is 26.6 Å². The van der Waals surface area contributed by atoms with Crippen molar-refractivity contribution in [3.05, 3.63) is 77.7 Å². The number of imide groups is 2. The molecule has 1 atom stereocenters. The highest BCUT2D eigenvalue weighted by molar-refractivity contribution is 6.25. The fourth-order valence-electron chi connectivity index (χ4n) is 7.30. The van der Waals surface area contributed by atoms with Crippen LogP contribution in [0.25, 0.3) is 10.9 Å². The van der Waals surface area contributed by atoms with Crippen molar-refractivity contribution < 1.29 is 38.2 Å². The molecule has 2 aliphatic heterocycles. The highest BCUT2D eigenvalue weighted by Crippen LogP contribution is 2.33. The van der Waals surface area contributed by atoms with Gasteiger partial charge in [-0.15, -0.1) is 0 Å². The minimum Gasteiger partial charge on any atom is -0.382 e. The zero-order valence-electron chi connectivity index (χ0n) is 31.8. The second-order valence-electron chi connectivity index (χ2n) is 14.8. The lowest BCUT2D eigenvalue weighted by molar-refractivity contribution is -0.136. The Labute approximate surface area is 334 Å². The molecule has 3 fully saturated rings. The number of hydrogen-bond acceptors (Lipinski definition) is 14. The zero-order valence-corrected chi connectivity index (χ0v) is 31.8. The average Bonchev–Trinajstić information content (AvgIpc) is 3.99. The molecule has 58 heavy (non-hydrogen) atoms. The number of aromatic nitrogens is 3. The number of nitrogens with zero attached hydrogens (tertiary/aromatic N) is 4. The van der Waals surface area contributed by atoms with Crippen LogP contribution in [-0.4, -0.2) is 114 Å². The van der Waals surface area contributed by atoms with Crippen LogP contribution in [0.4, 0.5) is 23.0 Å². The maximum Gasteiger partial charge on any atom is 0.264 e. The van der Waals surface area contributed by atoms with E-state index in [4.69, 9.17) is 14.2 Å². The van der Waals surface area contributed by atoms with Crippen molar-refractivity contribution in [1.29, 1.82) is 0 Å². The summed E-state index contributed by atoms with van der Waals surface area (Å²) >= 11 is 0. The predicted octanol–water partition coefficient (Wildman–Crippen LogP) is 3.41. The van der Waals surface area contributed by atoms with Crippen molar-refractivity contribution in [2.75, 3.05) is 62.1 Å². The Morgan fingerprint density at radius 3 is 2.47 bits per heavy atom. The van der Waals surface area contributed by atoms with E-state index >= 15 is 0 Å². The second kappa shape index (κ2) is 17.6. The van der Waals surface area contributed by atoms with Gasteiger partial charge >= 0.3 is 0 Å². The summed E-state index contributed by atoms with van der Waals surface area (Å²) in [5, 5.41) is 16.2. The van der Waals surface area contributed by atoms with E-state index in [1.54, 1.807) is 36.8 Å². The topological polar surface area (TPSA) is 215 Å². The molecule has 2 aliphatic carbocycles. The molecule has 0 radical (unpaired) electrons. The number of ether oxygens (including phenoxy) is 3. The second-order valence-corrected chi connectivity index (χ2v) is 14.8. The molecule has 1 aromatic carbocycles. The predicted molar refractivity (Wildman–Crippen MR) is 212 cm³/mol. The monoisotopic (exact) mass is 791 g/mol. The summed E-state index contributed by atoms with van der Waals surface area (Å²) < 4.78 is 17.1. The number of anilines is 4. The number of rotatable bonds is 19. The van der Waals surface area contributed by atoms with Gasteiger partial charge in [0.1, 0.15) is 17.7 Å². The third kappa shape index (κ3) is 9.06. The van der Waals surface area contributed by atoms with Crippen molar-refractivity contribution in [2.45, 2.75) is 56.7 Å². The largest absolute Gasteiger partial charge is 0.382 e. The summed E-state index contributed by atoms with van der Waals surface area (Å²) in [6.45, 7) is 2.93. The third-order valence-corrected chi connectivity index (χ3v) is 10.5. The van der Waals surface area contributed by atoms with Gasteiger partial charge in [0.15, 0.2) is 0 Å². The molecule has 3 aromatic heterocycles. The van der Waals surface area contributed by atoms with Crippen LogP contribution in [0.15, 0.2) is 61.1 Å². The van der Waals surface area contributed by atoms with Gasteiger partial charge in [-0.3, -0.25) is 39.2 Å². The van der Waals surface area contributed by atoms with Crippen LogP contribution >= 0.6 is 0 Å². The molecule has 5 heterocycles. The minimum atomic E-state index is -1.02. The summed E-state index contributed by atoms with van der Waals surface area (Å²) in [6.07, 6.45) is 9.06. The van der Waals surface area contributed by atoms with E-state index in [1.807, 2.05) is 24.3 Å². The maximum atomic E-state index is 13.3. The van der Waals surface area contributed by atoms with E-state index in [9.17, 15) is 24.0 Å². The number of hydrogen-bond donors (Lipinski definition) is 5. The molecule has 17 nitrogen and oxygen atoms in total. The summed E-state index contributed by atoms with van der Waals surface area (Å²) in [5.74, 6) is -0.711. The number of amides is 5. The zero-order chi connectivity index (χ0) is 40.0. The Hall–Kier alpha value is -6.04. The molecule has 5 amide bonds. The smallest absolute Gasteiger partial charge is 0.264 e. The normalized spacial score (nSPS) is 20.1. The molecule has 2 saturated carbocycles. The number of fused-ring (bicyclic) bond motifs is 2. The molecule has 0 bridgehead atoms. The number of benzene rings is 1. The maximum absolute atomic E-state index is 13.3. The van der Waals surface area contributed by atoms with Gasteiger partial charge in [0.05, 0.1) is 60.9 Å². The number of carbonyl (C=O) groups excluding carboxylic acids is 5. The average molecular weight is 792 g/mol. The standard InChI is InChI=1S/C41H45N9O8/c51-36-9-7-33(39(53)49-36)50-40(54)28-2-1-3-31(37(28)41(50)55)43-12-13-56-14-15-57-16-17-58-23-24-18-27(19-24)46-38(52)29-22-44-35(20-32(29)45-26-5-6-26)48-34-8-4-25-21-42-11-10-30(25)47-34/h1-4,8,10-11,20-22,24,26-27,33,43H,5-7,9,12-19,23H2,(H,46,52)(H,49,51,53)(H2,44,45,47,48)/t24-,27-,33?. The molecule has 5 N–H and O–H groups in total. The van der Waals surface area contributed by atoms with Gasteiger partial charge in [0.2, 0.25) is 11.8 Å². The number of pyridine rings is 3. The number of piperidine rings is 1. The van der Waals surface area contributed by atoms with Crippen molar-refractivity contribution >= 4 is 63.4 Å². The van der Waals surface area contributed by atoms with Crippen LogP contribution in [-0.2, 0) is 23.8 Å². The lowest BCUT2D eigenvalue weighted by Gasteiger charge is -2.35. The van der Waals surface area contributed by atoms with Gasteiger partial charge in [-0.2, -0.15) is 0 Å². The van der Waals surface area contributed by atoms with Gasteiger partial charge in [-0.25, -0.2) is 9.97 Å². The van der Waals surface area contributed by atoms with Crippen LogP contribution in [0.5, 0.6) is 0 Å². The molecule has 0 spiro atoms. The SMILES string of the molecule is O=C1CCC(N2C(=O)c3cccc(NCCOCCOCCOC[C@H]4C[C@H](NC(=O)c5cnc(Nc6ccc7cnccc7n6)cc5NC5CC5)C4)c3C2=O)C(=O)N1. The highest BCUT2D eigenvalue weighted by Gasteiger charge is 2.45. The fourth-order valence-corrected chi connectivity index (χ4v) is 7.30. The van der Waals surface area contributed by atoms with E-state index in [2.05, 4.69) is 41.5 Å². The summed E-state index contributed by atoms with van der Waals surface area (Å²) in [6, 6.07) is 11.9. The molecule has 302 valence electrons. The molecule has 17 heteroatoms. The minimum absolute atomic E-state index is 0.0622. The molecule has 1 unspecified atom stereocenters. The van der Waals surface area contributed by atoms with E-state index in [-0.39, 0.29) is 35.9 Å². The Balaban J connectivity index is 0.686. The van der Waals surface area contributed by atoms with E-state index in [1.165, 1.54) is 0 Å².